The molecule has 0 spiro atoms. The Bertz CT molecular complexity index is 2450. The molecule has 2 fully saturated rings. The Morgan fingerprint density at radius 2 is 1.68 bits per heavy atom. The lowest BCUT2D eigenvalue weighted by Crippen LogP contribution is -2.74. The molecule has 1 saturated heterocycles. The van der Waals surface area contributed by atoms with Crippen molar-refractivity contribution >= 4 is 46.6 Å². The Labute approximate surface area is 409 Å². The van der Waals surface area contributed by atoms with Crippen LogP contribution in [0.4, 0.5) is 0 Å². The number of unbranched alkanes of at least 4 members (excludes halogenated alkanes) is 1. The molecule has 0 radical (unpaired) electrons. The van der Waals surface area contributed by atoms with E-state index in [9.17, 15) is 29.5 Å². The standard InChI is InChI=1S/C52H65ClN6O8S/c1-31(66-38-20-17-35(18-21-38)45(62)58-48-51(6,7)49(52(48,8)9)67-39-22-19-36(26-54)40(53)25-39)12-10-11-23-65-29-42(61)57-44(50(3,4)5)47(64)59-28-37(60)24-41(59)46(63)55-27-33-13-15-34(16-14-33)43-32(2)56-30-68-43/h13-22,25,30-31,37,41,44,48-49,60H,10-12,23-24,27-29H2,1-9H3,(H,55,63)(H,57,61)(H,58,62)/t31-,37+,41-,44+,48?,49?/m0/s1. The van der Waals surface area contributed by atoms with E-state index in [-0.39, 0.29) is 56.2 Å². The number of rotatable bonds is 19. The minimum Gasteiger partial charge on any atom is -0.491 e. The quantitative estimate of drug-likeness (QED) is 0.0670. The second kappa shape index (κ2) is 21.8. The number of amides is 4. The van der Waals surface area contributed by atoms with Crippen LogP contribution in [0.1, 0.15) is 108 Å². The summed E-state index contributed by atoms with van der Waals surface area (Å²) in [5.74, 6) is -0.236. The number of aliphatic hydroxyl groups is 1. The lowest BCUT2D eigenvalue weighted by atomic mass is 9.49. The van der Waals surface area contributed by atoms with Crippen LogP contribution in [-0.4, -0.2) is 94.8 Å². The molecule has 4 atom stereocenters. The van der Waals surface area contributed by atoms with Crippen molar-refractivity contribution in [1.29, 1.82) is 5.26 Å². The van der Waals surface area contributed by atoms with Gasteiger partial charge in [0.2, 0.25) is 17.7 Å². The fourth-order valence-electron chi connectivity index (χ4n) is 9.57. The molecular weight excluding hydrogens is 904 g/mol. The molecule has 0 unspecified atom stereocenters. The van der Waals surface area contributed by atoms with Gasteiger partial charge >= 0.3 is 0 Å². The van der Waals surface area contributed by atoms with Gasteiger partial charge in [0.25, 0.3) is 5.91 Å². The Kier molecular flexibility index (Phi) is 16.6. The maximum atomic E-state index is 14.0. The first kappa shape index (κ1) is 51.9. The molecule has 16 heteroatoms. The molecule has 1 aromatic heterocycles. The van der Waals surface area contributed by atoms with Crippen molar-refractivity contribution in [2.45, 2.75) is 131 Å². The van der Waals surface area contributed by atoms with Gasteiger partial charge in [-0.05, 0) is 86.1 Å². The van der Waals surface area contributed by atoms with E-state index in [0.717, 1.165) is 34.5 Å². The number of thiazole rings is 1. The molecule has 2 aliphatic rings. The summed E-state index contributed by atoms with van der Waals surface area (Å²) >= 11 is 7.81. The predicted octanol–water partition coefficient (Wildman–Crippen LogP) is 8.02. The molecule has 6 rings (SSSR count). The van der Waals surface area contributed by atoms with Crippen LogP contribution >= 0.6 is 22.9 Å². The first-order chi connectivity index (χ1) is 32.1. The molecule has 3 aromatic carbocycles. The molecule has 0 bridgehead atoms. The van der Waals surface area contributed by atoms with E-state index in [1.54, 1.807) is 53.8 Å². The third kappa shape index (κ3) is 12.4. The fraction of sp³-hybridized carbons (Fsp3) is 0.500. The molecule has 2 heterocycles. The summed E-state index contributed by atoms with van der Waals surface area (Å²) in [7, 11) is 0. The maximum absolute atomic E-state index is 14.0. The summed E-state index contributed by atoms with van der Waals surface area (Å²) in [6.45, 7) is 18.0. The van der Waals surface area contributed by atoms with Crippen molar-refractivity contribution < 1.29 is 38.5 Å². The molecule has 68 heavy (non-hydrogen) atoms. The minimum absolute atomic E-state index is 0.0146. The number of aliphatic hydroxyl groups excluding tert-OH is 1. The van der Waals surface area contributed by atoms with Crippen LogP contribution in [0.5, 0.6) is 11.5 Å². The van der Waals surface area contributed by atoms with Crippen LogP contribution < -0.4 is 25.4 Å². The molecule has 1 saturated carbocycles. The van der Waals surface area contributed by atoms with Crippen molar-refractivity contribution in [2.24, 2.45) is 16.2 Å². The SMILES string of the molecule is Cc1ncsc1-c1ccc(CNC(=O)[C@@H]2C[C@@H](O)CN2C(=O)[C@@H](NC(=O)COCCCC[C@H](C)Oc2ccc(C(=O)NC3C(C)(C)C(Oc4ccc(C#N)c(Cl)c4)C3(C)C)cc2)C(C)(C)C)cc1. The van der Waals surface area contributed by atoms with E-state index in [0.29, 0.717) is 40.7 Å². The summed E-state index contributed by atoms with van der Waals surface area (Å²) < 4.78 is 18.2. The minimum atomic E-state index is -0.957. The van der Waals surface area contributed by atoms with Crippen molar-refractivity contribution in [3.05, 3.63) is 99.6 Å². The number of aromatic nitrogens is 1. The number of nitriles is 1. The van der Waals surface area contributed by atoms with Gasteiger partial charge < -0.3 is 40.2 Å². The highest BCUT2D eigenvalue weighted by molar-refractivity contribution is 7.13. The molecule has 4 aromatic rings. The van der Waals surface area contributed by atoms with Gasteiger partial charge in [-0.1, -0.05) is 84.3 Å². The summed E-state index contributed by atoms with van der Waals surface area (Å²) in [5, 5.41) is 29.1. The number of hydrogen-bond acceptors (Lipinski definition) is 11. The Morgan fingerprint density at radius 1 is 1.00 bits per heavy atom. The number of ether oxygens (including phenoxy) is 3. The van der Waals surface area contributed by atoms with Gasteiger partial charge in [0.1, 0.15) is 42.4 Å². The number of benzene rings is 3. The highest BCUT2D eigenvalue weighted by atomic mass is 35.5. The highest BCUT2D eigenvalue weighted by Gasteiger charge is 2.64. The van der Waals surface area contributed by atoms with E-state index in [2.05, 4.69) is 54.7 Å². The molecule has 4 amide bonds. The van der Waals surface area contributed by atoms with Crippen molar-refractivity contribution in [3.8, 4) is 28.0 Å². The van der Waals surface area contributed by atoms with Gasteiger partial charge in [0, 0.05) is 54.6 Å². The van der Waals surface area contributed by atoms with Crippen LogP contribution in [0.3, 0.4) is 0 Å². The lowest BCUT2D eigenvalue weighted by Gasteiger charge is -2.63. The van der Waals surface area contributed by atoms with Crippen molar-refractivity contribution in [3.63, 3.8) is 0 Å². The third-order valence-corrected chi connectivity index (χ3v) is 14.3. The summed E-state index contributed by atoms with van der Waals surface area (Å²) in [5.41, 5.74) is 4.12. The van der Waals surface area contributed by atoms with E-state index < -0.39 is 46.2 Å². The first-order valence-corrected chi connectivity index (χ1v) is 24.4. The zero-order valence-corrected chi connectivity index (χ0v) is 42.1. The van der Waals surface area contributed by atoms with Gasteiger partial charge in [-0.15, -0.1) is 11.3 Å². The lowest BCUT2D eigenvalue weighted by molar-refractivity contribution is -0.164. The number of nitrogens with zero attached hydrogens (tertiary/aromatic N) is 3. The number of likely N-dealkylation sites (tertiary alicyclic amines) is 1. The topological polar surface area (TPSA) is 192 Å². The number of hydrogen-bond donors (Lipinski definition) is 4. The molecule has 364 valence electrons. The van der Waals surface area contributed by atoms with Crippen molar-refractivity contribution in [1.82, 2.24) is 25.8 Å². The Hall–Kier alpha value is -5.53. The van der Waals surface area contributed by atoms with Gasteiger partial charge in [-0.2, -0.15) is 5.26 Å². The zero-order chi connectivity index (χ0) is 49.6. The second-order valence-corrected chi connectivity index (χ2v) is 21.5. The molecule has 1 aliphatic heterocycles. The van der Waals surface area contributed by atoms with Crippen LogP contribution in [0.2, 0.25) is 5.02 Å². The van der Waals surface area contributed by atoms with E-state index in [4.69, 9.17) is 25.8 Å². The largest absolute Gasteiger partial charge is 0.491 e. The van der Waals surface area contributed by atoms with Crippen LogP contribution in [-0.2, 0) is 25.7 Å². The third-order valence-electron chi connectivity index (χ3n) is 13.0. The van der Waals surface area contributed by atoms with E-state index >= 15 is 0 Å². The Morgan fingerprint density at radius 3 is 2.29 bits per heavy atom. The van der Waals surface area contributed by atoms with Crippen molar-refractivity contribution in [2.75, 3.05) is 19.8 Å². The summed E-state index contributed by atoms with van der Waals surface area (Å²) in [6.07, 6.45) is 1.09. The first-order valence-electron chi connectivity index (χ1n) is 23.2. The average molecular weight is 970 g/mol. The van der Waals surface area contributed by atoms with E-state index in [1.807, 2.05) is 64.4 Å². The van der Waals surface area contributed by atoms with Gasteiger partial charge in [-0.25, -0.2) is 4.98 Å². The number of β-amino-alcohol motifs (C(OH)–C–C–N with tert-alkyl or cyclic N) is 1. The number of halogens is 1. The smallest absolute Gasteiger partial charge is 0.251 e. The normalized spacial score (nSPS) is 20.3. The molecular formula is C52H65ClN6O8S. The number of nitrogens with one attached hydrogen (secondary N) is 3. The van der Waals surface area contributed by atoms with Gasteiger partial charge in [0.05, 0.1) is 38.9 Å². The molecule has 1 aliphatic carbocycles. The zero-order valence-electron chi connectivity index (χ0n) is 40.5. The van der Waals surface area contributed by atoms with Crippen LogP contribution in [0.25, 0.3) is 10.4 Å². The molecule has 4 N–H and O–H groups in total. The molecule has 14 nitrogen and oxygen atoms in total. The summed E-state index contributed by atoms with van der Waals surface area (Å²) in [6, 6.07) is 20.0. The van der Waals surface area contributed by atoms with Gasteiger partial charge in [-0.3, -0.25) is 19.2 Å². The number of carbonyl (C=O) groups excluding carboxylic acids is 4. The Balaban J connectivity index is 0.893. The number of carbonyl (C=O) groups is 4. The summed E-state index contributed by atoms with van der Waals surface area (Å²) in [4.78, 5) is 60.8. The number of aryl methyl sites for hydroxylation is 1. The maximum Gasteiger partial charge on any atom is 0.251 e. The van der Waals surface area contributed by atoms with E-state index in [1.165, 1.54) is 4.90 Å². The fourth-order valence-corrected chi connectivity index (χ4v) is 10.6. The average Bonchev–Trinajstić information content (AvgIpc) is 3.91. The second-order valence-electron chi connectivity index (χ2n) is 20.2. The predicted molar refractivity (Wildman–Crippen MR) is 262 cm³/mol. The monoisotopic (exact) mass is 968 g/mol. The van der Waals surface area contributed by atoms with Crippen LogP contribution in [0.15, 0.2) is 72.2 Å². The highest BCUT2D eigenvalue weighted by Crippen LogP contribution is 2.55. The van der Waals surface area contributed by atoms with Crippen LogP contribution in [0, 0.1) is 34.5 Å². The van der Waals surface area contributed by atoms with Gasteiger partial charge in [0.15, 0.2) is 0 Å².